The van der Waals surface area contributed by atoms with Crippen LogP contribution in [-0.2, 0) is 6.54 Å². The zero-order valence-electron chi connectivity index (χ0n) is 10.6. The summed E-state index contributed by atoms with van der Waals surface area (Å²) < 4.78 is 1.45. The molecule has 0 aliphatic heterocycles. The summed E-state index contributed by atoms with van der Waals surface area (Å²) in [6, 6.07) is 0. The number of hydrogen-bond acceptors (Lipinski definition) is 9. The van der Waals surface area contributed by atoms with Gasteiger partial charge in [-0.3, -0.25) is 9.78 Å². The van der Waals surface area contributed by atoms with Crippen molar-refractivity contribution < 1.29 is 5.11 Å². The molecule has 0 aliphatic rings. The second-order valence-electron chi connectivity index (χ2n) is 3.68. The highest BCUT2D eigenvalue weighted by Crippen LogP contribution is 2.11. The molecule has 0 atom stereocenters. The van der Waals surface area contributed by atoms with Crippen molar-refractivity contribution in [1.29, 1.82) is 0 Å². The quantitative estimate of drug-likeness (QED) is 0.311. The molecule has 2 aromatic rings. The Kier molecular flexibility index (Phi) is 4.75. The average molecular weight is 283 g/mol. The lowest BCUT2D eigenvalue weighted by Crippen LogP contribution is -2.17. The van der Waals surface area contributed by atoms with Gasteiger partial charge < -0.3 is 33.8 Å². The molecule has 11 heteroatoms. The van der Waals surface area contributed by atoms with Crippen LogP contribution in [-0.4, -0.2) is 31.5 Å². The second kappa shape index (κ2) is 6.29. The Morgan fingerprint density at radius 1 is 1.25 bits per heavy atom. The number of nitrogens with two attached hydrogens (primary N) is 5. The van der Waals surface area contributed by atoms with Gasteiger partial charge >= 0.3 is 0 Å². The first kappa shape index (κ1) is 15.1. The minimum Gasteiger partial charge on any atom is -0.394 e. The van der Waals surface area contributed by atoms with Gasteiger partial charge in [-0.25, -0.2) is 4.68 Å². The third-order valence-corrected chi connectivity index (χ3v) is 2.22. The first-order valence-corrected chi connectivity index (χ1v) is 5.45. The van der Waals surface area contributed by atoms with Crippen molar-refractivity contribution in [1.82, 2.24) is 19.7 Å². The van der Waals surface area contributed by atoms with E-state index in [1.807, 2.05) is 0 Å². The van der Waals surface area contributed by atoms with E-state index >= 15 is 0 Å². The van der Waals surface area contributed by atoms with Crippen LogP contribution < -0.4 is 34.2 Å². The molecule has 0 bridgehead atoms. The number of nitrogens with one attached hydrogen (secondary N) is 1. The largest absolute Gasteiger partial charge is 0.394 e. The van der Waals surface area contributed by atoms with Crippen molar-refractivity contribution in [3.8, 4) is 0 Å². The lowest BCUT2D eigenvalue weighted by atomic mass is 10.5. The van der Waals surface area contributed by atoms with Gasteiger partial charge in [-0.15, -0.1) is 0 Å². The van der Waals surface area contributed by atoms with E-state index in [1.54, 1.807) is 0 Å². The Morgan fingerprint density at radius 3 is 2.35 bits per heavy atom. The fourth-order valence-electron chi connectivity index (χ4n) is 1.20. The molecule has 2 rings (SSSR count). The third kappa shape index (κ3) is 3.52. The molecule has 0 unspecified atom stereocenters. The molecule has 110 valence electrons. The van der Waals surface area contributed by atoms with Crippen molar-refractivity contribution >= 4 is 29.0 Å². The van der Waals surface area contributed by atoms with Gasteiger partial charge in [-0.2, -0.15) is 10.1 Å². The van der Waals surface area contributed by atoms with Crippen LogP contribution in [0.25, 0.3) is 0 Å². The maximum Gasteiger partial charge on any atom is 0.277 e. The number of nitrogen functional groups attached to an aromatic ring is 5. The second-order valence-corrected chi connectivity index (χ2v) is 3.68. The Hall–Kier alpha value is -2.95. The smallest absolute Gasteiger partial charge is 0.277 e. The minimum atomic E-state index is -0.509. The lowest BCUT2D eigenvalue weighted by molar-refractivity contribution is 0.270. The molecule has 20 heavy (non-hydrogen) atoms. The fourth-order valence-corrected chi connectivity index (χ4v) is 1.20. The zero-order valence-corrected chi connectivity index (χ0v) is 10.6. The summed E-state index contributed by atoms with van der Waals surface area (Å²) >= 11 is 0. The number of rotatable bonds is 2. The lowest BCUT2D eigenvalue weighted by Gasteiger charge is -1.99. The molecule has 0 saturated heterocycles. The highest BCUT2D eigenvalue weighted by Gasteiger charge is 2.01. The number of nitrogens with zero attached hydrogens (tertiary/aromatic N) is 3. The summed E-state index contributed by atoms with van der Waals surface area (Å²) in [5.74, 6) is 0.340. The van der Waals surface area contributed by atoms with Crippen molar-refractivity contribution in [2.24, 2.45) is 0 Å². The molecule has 0 radical (unpaired) electrons. The van der Waals surface area contributed by atoms with Gasteiger partial charge in [0.05, 0.1) is 25.0 Å². The first-order chi connectivity index (χ1) is 9.36. The summed E-state index contributed by atoms with van der Waals surface area (Å²) in [4.78, 5) is 16.4. The van der Waals surface area contributed by atoms with Crippen molar-refractivity contribution in [3.05, 3.63) is 16.6 Å². The Balaban J connectivity index is 0.000000200. The average Bonchev–Trinajstić information content (AvgIpc) is 2.69. The predicted octanol–water partition coefficient (Wildman–Crippen LogP) is -2.44. The molecular formula is C9H17N9O2. The molecule has 0 aromatic carbocycles. The minimum absolute atomic E-state index is 0.0192. The Morgan fingerprint density at radius 2 is 1.90 bits per heavy atom. The third-order valence-electron chi connectivity index (χ3n) is 2.22. The van der Waals surface area contributed by atoms with E-state index in [0.717, 1.165) is 0 Å². The van der Waals surface area contributed by atoms with Crippen LogP contribution in [0.4, 0.5) is 29.0 Å². The van der Waals surface area contributed by atoms with Crippen molar-refractivity contribution in [2.75, 3.05) is 35.3 Å². The highest BCUT2D eigenvalue weighted by molar-refractivity contribution is 5.57. The van der Waals surface area contributed by atoms with E-state index in [2.05, 4.69) is 15.1 Å². The molecule has 0 fully saturated rings. The van der Waals surface area contributed by atoms with Crippen LogP contribution in [0.1, 0.15) is 0 Å². The van der Waals surface area contributed by atoms with E-state index in [9.17, 15) is 4.79 Å². The van der Waals surface area contributed by atoms with E-state index in [-0.39, 0.29) is 24.1 Å². The van der Waals surface area contributed by atoms with Crippen LogP contribution in [0.2, 0.25) is 0 Å². The number of anilines is 5. The molecular weight excluding hydrogens is 266 g/mol. The highest BCUT2D eigenvalue weighted by atomic mass is 16.3. The van der Waals surface area contributed by atoms with Crippen LogP contribution in [0.15, 0.2) is 11.0 Å². The number of H-pyrrole nitrogens is 1. The van der Waals surface area contributed by atoms with Gasteiger partial charge in [0.25, 0.3) is 5.56 Å². The molecule has 11 nitrogen and oxygen atoms in total. The summed E-state index contributed by atoms with van der Waals surface area (Å²) in [5.41, 5.74) is 26.1. The Labute approximate surface area is 113 Å². The maximum atomic E-state index is 10.7. The summed E-state index contributed by atoms with van der Waals surface area (Å²) in [7, 11) is 0. The number of aromatic nitrogens is 4. The zero-order chi connectivity index (χ0) is 15.3. The predicted molar refractivity (Wildman–Crippen MR) is 76.2 cm³/mol. The summed E-state index contributed by atoms with van der Waals surface area (Å²) in [6.07, 6.45) is 1.46. The molecule has 2 heterocycles. The standard InChI is InChI=1S/C5H10N4O.C4H7N5O/c6-4-3-8-9(1-2-10)5(4)7;5-1-2(6)8-4(7)9-3(1)10/h3,10H,1-2,6-7H2;5H2,(H5,6,7,8,9,10). The van der Waals surface area contributed by atoms with Gasteiger partial charge in [0.2, 0.25) is 5.95 Å². The fraction of sp³-hybridized carbons (Fsp3) is 0.222. The molecule has 0 saturated carbocycles. The normalized spacial score (nSPS) is 9.85. The van der Waals surface area contributed by atoms with E-state index in [4.69, 9.17) is 33.8 Å². The number of aromatic amines is 1. The summed E-state index contributed by atoms with van der Waals surface area (Å²) in [5, 5.41) is 12.3. The Bertz CT molecular complexity index is 633. The molecule has 0 spiro atoms. The van der Waals surface area contributed by atoms with Gasteiger partial charge in [-0.05, 0) is 0 Å². The van der Waals surface area contributed by atoms with E-state index in [1.165, 1.54) is 10.9 Å². The number of hydrogen-bond donors (Lipinski definition) is 7. The molecule has 0 amide bonds. The molecule has 0 aliphatic carbocycles. The van der Waals surface area contributed by atoms with E-state index < -0.39 is 5.56 Å². The van der Waals surface area contributed by atoms with Crippen LogP contribution in [0, 0.1) is 0 Å². The first-order valence-electron chi connectivity index (χ1n) is 5.45. The van der Waals surface area contributed by atoms with Crippen LogP contribution in [0.5, 0.6) is 0 Å². The SMILES string of the molecule is Nc1cnn(CCO)c1N.Nc1nc(N)c(N)c(=O)[nH]1. The monoisotopic (exact) mass is 283 g/mol. The van der Waals surface area contributed by atoms with Crippen molar-refractivity contribution in [2.45, 2.75) is 6.54 Å². The number of aliphatic hydroxyl groups excluding tert-OH is 1. The van der Waals surface area contributed by atoms with Gasteiger partial charge in [0.15, 0.2) is 5.82 Å². The summed E-state index contributed by atoms with van der Waals surface area (Å²) in [6.45, 7) is 0.411. The van der Waals surface area contributed by atoms with Crippen LogP contribution in [0.3, 0.4) is 0 Å². The molecule has 2 aromatic heterocycles. The van der Waals surface area contributed by atoms with Gasteiger partial charge in [0, 0.05) is 0 Å². The van der Waals surface area contributed by atoms with Crippen molar-refractivity contribution in [3.63, 3.8) is 0 Å². The van der Waals surface area contributed by atoms with E-state index in [0.29, 0.717) is 18.1 Å². The molecule has 12 N–H and O–H groups in total. The number of aliphatic hydroxyl groups is 1. The topological polar surface area (TPSA) is 214 Å². The van der Waals surface area contributed by atoms with Gasteiger partial charge in [0.1, 0.15) is 11.5 Å². The maximum absolute atomic E-state index is 10.7. The van der Waals surface area contributed by atoms with Gasteiger partial charge in [-0.1, -0.05) is 0 Å². The van der Waals surface area contributed by atoms with Crippen LogP contribution >= 0.6 is 0 Å².